The molecular formula is C24H21F4N7. The summed E-state index contributed by atoms with van der Waals surface area (Å²) in [6, 6.07) is 10.3. The second kappa shape index (κ2) is 9.14. The van der Waals surface area contributed by atoms with Crippen LogP contribution in [0.3, 0.4) is 0 Å². The fourth-order valence-corrected chi connectivity index (χ4v) is 4.23. The highest BCUT2D eigenvalue weighted by Gasteiger charge is 2.40. The van der Waals surface area contributed by atoms with Crippen molar-refractivity contribution in [2.24, 2.45) is 0 Å². The first-order valence-corrected chi connectivity index (χ1v) is 11.0. The van der Waals surface area contributed by atoms with Crippen molar-refractivity contribution < 1.29 is 17.6 Å². The van der Waals surface area contributed by atoms with Gasteiger partial charge in [-0.3, -0.25) is 4.90 Å². The van der Waals surface area contributed by atoms with Gasteiger partial charge in [-0.15, -0.1) is 5.10 Å². The monoisotopic (exact) mass is 483 g/mol. The van der Waals surface area contributed by atoms with Gasteiger partial charge in [0, 0.05) is 36.1 Å². The van der Waals surface area contributed by atoms with E-state index in [1.165, 1.54) is 18.5 Å². The second-order valence-corrected chi connectivity index (χ2v) is 8.49. The first-order valence-electron chi connectivity index (χ1n) is 11.0. The molecule has 0 saturated heterocycles. The molecule has 7 nitrogen and oxygen atoms in total. The topological polar surface area (TPSA) is 72.6 Å². The summed E-state index contributed by atoms with van der Waals surface area (Å²) in [5.41, 5.74) is 1.01. The lowest BCUT2D eigenvalue weighted by molar-refractivity contribution is -0.140. The Labute approximate surface area is 198 Å². The molecule has 2 aromatic heterocycles. The molecule has 35 heavy (non-hydrogen) atoms. The van der Waals surface area contributed by atoms with E-state index in [1.54, 1.807) is 17.1 Å². The summed E-state index contributed by atoms with van der Waals surface area (Å²) in [5, 5.41) is 12.4. The maximum Gasteiger partial charge on any atom is 0.419 e. The summed E-state index contributed by atoms with van der Waals surface area (Å²) in [7, 11) is 0. The zero-order valence-electron chi connectivity index (χ0n) is 18.7. The van der Waals surface area contributed by atoms with Crippen LogP contribution in [0.2, 0.25) is 0 Å². The lowest BCUT2D eigenvalue weighted by Gasteiger charge is -2.31. The number of aryl methyl sites for hydroxylation is 1. The Hall–Kier alpha value is -3.73. The number of benzene rings is 2. The molecule has 1 aliphatic carbocycles. The number of tetrazole rings is 1. The Morgan fingerprint density at radius 2 is 1.80 bits per heavy atom. The molecule has 0 N–H and O–H groups in total. The second-order valence-electron chi connectivity index (χ2n) is 8.49. The molecule has 1 fully saturated rings. The molecule has 0 spiro atoms. The van der Waals surface area contributed by atoms with Gasteiger partial charge in [-0.25, -0.2) is 14.4 Å². The third kappa shape index (κ3) is 4.63. The molecule has 0 aliphatic heterocycles. The van der Waals surface area contributed by atoms with Crippen LogP contribution < -0.4 is 0 Å². The summed E-state index contributed by atoms with van der Waals surface area (Å²) in [6.07, 6.45) is 1.47. The molecule has 2 heterocycles. The Morgan fingerprint density at radius 3 is 2.49 bits per heavy atom. The Morgan fingerprint density at radius 1 is 1.06 bits per heavy atom. The summed E-state index contributed by atoms with van der Waals surface area (Å²) >= 11 is 0. The molecule has 4 aromatic rings. The minimum atomic E-state index is -4.79. The summed E-state index contributed by atoms with van der Waals surface area (Å²) in [4.78, 5) is 10.2. The third-order valence-corrected chi connectivity index (χ3v) is 6.06. The fourth-order valence-electron chi connectivity index (χ4n) is 4.23. The highest BCUT2D eigenvalue weighted by molar-refractivity contribution is 5.40. The summed E-state index contributed by atoms with van der Waals surface area (Å²) in [5.74, 6) is -0.833. The van der Waals surface area contributed by atoms with Crippen molar-refractivity contribution in [3.05, 3.63) is 95.1 Å². The van der Waals surface area contributed by atoms with E-state index in [9.17, 15) is 13.2 Å². The van der Waals surface area contributed by atoms with E-state index >= 15 is 4.39 Å². The van der Waals surface area contributed by atoms with E-state index in [0.29, 0.717) is 11.4 Å². The van der Waals surface area contributed by atoms with Crippen molar-refractivity contribution in [1.29, 1.82) is 0 Å². The van der Waals surface area contributed by atoms with Crippen LogP contribution in [-0.4, -0.2) is 41.1 Å². The van der Waals surface area contributed by atoms with Gasteiger partial charge in [-0.05, 0) is 47.9 Å². The van der Waals surface area contributed by atoms with Gasteiger partial charge in [-0.2, -0.15) is 17.9 Å². The van der Waals surface area contributed by atoms with Gasteiger partial charge < -0.3 is 0 Å². The fraction of sp³-hybridized carbons (Fsp3) is 0.292. The van der Waals surface area contributed by atoms with Gasteiger partial charge in [0.2, 0.25) is 0 Å². The Bertz CT molecular complexity index is 1320. The zero-order valence-corrected chi connectivity index (χ0v) is 18.7. The maximum atomic E-state index is 15.0. The van der Waals surface area contributed by atoms with Crippen molar-refractivity contribution in [3.8, 4) is 5.69 Å². The number of nitrogens with zero attached hydrogens (tertiary/aromatic N) is 7. The largest absolute Gasteiger partial charge is 0.419 e. The number of rotatable bonds is 7. The molecule has 0 amide bonds. The molecule has 2 aromatic carbocycles. The van der Waals surface area contributed by atoms with Crippen molar-refractivity contribution in [1.82, 2.24) is 35.1 Å². The number of aromatic nitrogens is 6. The third-order valence-electron chi connectivity index (χ3n) is 6.06. The molecule has 5 rings (SSSR count). The highest BCUT2D eigenvalue weighted by atomic mass is 19.4. The quantitative estimate of drug-likeness (QED) is 0.356. The lowest BCUT2D eigenvalue weighted by atomic mass is 10.0. The van der Waals surface area contributed by atoms with Gasteiger partial charge >= 0.3 is 6.18 Å². The van der Waals surface area contributed by atoms with E-state index in [0.717, 1.165) is 30.2 Å². The van der Waals surface area contributed by atoms with Crippen molar-refractivity contribution in [3.63, 3.8) is 0 Å². The summed E-state index contributed by atoms with van der Waals surface area (Å²) in [6.45, 7) is 1.86. The maximum absolute atomic E-state index is 15.0. The molecule has 180 valence electrons. The van der Waals surface area contributed by atoms with E-state index < -0.39 is 23.6 Å². The molecule has 0 radical (unpaired) electrons. The Kier molecular flexibility index (Phi) is 6.01. The van der Waals surface area contributed by atoms with Gasteiger partial charge in [-0.1, -0.05) is 30.3 Å². The SMILES string of the molecule is Cc1ccccc1-n1nnnc1C(c1cncnc1)N(Cc1cccc(C(F)(F)F)c1F)C1CC1. The standard InChI is InChI=1S/C24H21F4N7/c1-15-5-2-3-8-20(15)35-23(31-32-33-35)22(17-11-29-14-30-12-17)34(18-9-10-18)13-16-6-4-7-19(21(16)25)24(26,27)28/h2-8,11-12,14,18,22H,9-10,13H2,1H3. The predicted molar refractivity (Wildman–Crippen MR) is 118 cm³/mol. The average molecular weight is 483 g/mol. The smallest absolute Gasteiger partial charge is 0.282 e. The average Bonchev–Trinajstić information content (AvgIpc) is 3.58. The van der Waals surface area contributed by atoms with Crippen LogP contribution >= 0.6 is 0 Å². The van der Waals surface area contributed by atoms with Gasteiger partial charge in [0.1, 0.15) is 18.2 Å². The van der Waals surface area contributed by atoms with Gasteiger partial charge in [0.05, 0.1) is 11.3 Å². The lowest BCUT2D eigenvalue weighted by Crippen LogP contribution is -2.34. The van der Waals surface area contributed by atoms with Gasteiger partial charge in [0.15, 0.2) is 5.82 Å². The van der Waals surface area contributed by atoms with Crippen LogP contribution in [0.25, 0.3) is 5.69 Å². The molecule has 1 saturated carbocycles. The highest BCUT2D eigenvalue weighted by Crippen LogP contribution is 2.40. The normalized spacial score (nSPS) is 14.9. The Balaban J connectivity index is 1.62. The zero-order chi connectivity index (χ0) is 24.6. The summed E-state index contributed by atoms with van der Waals surface area (Å²) < 4.78 is 56.7. The number of hydrogen-bond acceptors (Lipinski definition) is 6. The van der Waals surface area contributed by atoms with E-state index in [1.807, 2.05) is 36.1 Å². The van der Waals surface area contributed by atoms with Crippen molar-refractivity contribution in [2.45, 2.75) is 44.6 Å². The van der Waals surface area contributed by atoms with Crippen LogP contribution in [0.15, 0.2) is 61.2 Å². The van der Waals surface area contributed by atoms with Crippen LogP contribution in [0, 0.1) is 12.7 Å². The van der Waals surface area contributed by atoms with Crippen molar-refractivity contribution >= 4 is 0 Å². The molecule has 0 bridgehead atoms. The van der Waals surface area contributed by atoms with E-state index in [2.05, 4.69) is 25.5 Å². The number of hydrogen-bond donors (Lipinski definition) is 0. The van der Waals surface area contributed by atoms with Gasteiger partial charge in [0.25, 0.3) is 0 Å². The van der Waals surface area contributed by atoms with Crippen LogP contribution in [0.1, 0.15) is 47.0 Å². The number of halogens is 4. The van der Waals surface area contributed by atoms with Crippen LogP contribution in [-0.2, 0) is 12.7 Å². The van der Waals surface area contributed by atoms with E-state index in [-0.39, 0.29) is 18.2 Å². The number of alkyl halides is 3. The van der Waals surface area contributed by atoms with Crippen LogP contribution in [0.4, 0.5) is 17.6 Å². The predicted octanol–water partition coefficient (Wildman–Crippen LogP) is 4.67. The molecule has 1 aliphatic rings. The minimum Gasteiger partial charge on any atom is -0.282 e. The minimum absolute atomic E-state index is 0.0103. The first-order chi connectivity index (χ1) is 16.8. The van der Waals surface area contributed by atoms with E-state index in [4.69, 9.17) is 0 Å². The first kappa shape index (κ1) is 23.0. The molecule has 11 heteroatoms. The molecular weight excluding hydrogens is 462 g/mol. The van der Waals surface area contributed by atoms with Crippen molar-refractivity contribution in [2.75, 3.05) is 0 Å². The number of para-hydroxylation sites is 1. The van der Waals surface area contributed by atoms with Crippen LogP contribution in [0.5, 0.6) is 0 Å². The molecule has 1 unspecified atom stereocenters. The molecule has 1 atom stereocenters.